The summed E-state index contributed by atoms with van der Waals surface area (Å²) >= 11 is 13.4. The molecule has 3 N–H and O–H groups in total. The molecule has 0 radical (unpaired) electrons. The van der Waals surface area contributed by atoms with Gasteiger partial charge in [0.25, 0.3) is 5.91 Å². The number of carboxylic acid groups (broad SMARTS) is 1. The van der Waals surface area contributed by atoms with E-state index in [1.807, 2.05) is 4.90 Å². The maximum atomic E-state index is 12.9. The molecule has 0 saturated carbocycles. The van der Waals surface area contributed by atoms with Crippen LogP contribution >= 0.6 is 34.5 Å². The zero-order chi connectivity index (χ0) is 27.7. The van der Waals surface area contributed by atoms with Crippen LogP contribution in [0.15, 0.2) is 12.3 Å². The number of aromatic amines is 1. The number of hydrogen-bond donors (Lipinski definition) is 3. The lowest BCUT2D eigenvalue weighted by Gasteiger charge is -2.37. The number of ether oxygens (including phenoxy) is 2. The molecule has 2 aliphatic heterocycles. The number of carbonyl (C=O) groups is 2. The Morgan fingerprint density at radius 1 is 1.21 bits per heavy atom. The Bertz CT molecular complexity index is 1380. The molecule has 0 spiro atoms. The molecule has 15 heteroatoms. The van der Waals surface area contributed by atoms with Gasteiger partial charge in [-0.1, -0.05) is 34.5 Å². The van der Waals surface area contributed by atoms with Crippen LogP contribution in [-0.2, 0) is 9.47 Å². The Kier molecular flexibility index (Phi) is 8.24. The highest BCUT2D eigenvalue weighted by atomic mass is 35.5. The predicted octanol–water partition coefficient (Wildman–Crippen LogP) is 3.10. The maximum absolute atomic E-state index is 12.9. The van der Waals surface area contributed by atoms with E-state index in [1.165, 1.54) is 0 Å². The predicted molar refractivity (Wildman–Crippen MR) is 148 cm³/mol. The Balaban J connectivity index is 1.34. The smallest absolute Gasteiger partial charge is 0.348 e. The number of carboxylic acids is 1. The third kappa shape index (κ3) is 5.68. The highest BCUT2D eigenvalue weighted by Crippen LogP contribution is 2.34. The zero-order valence-electron chi connectivity index (χ0n) is 21.2. The molecular formula is C24H27Cl2N7O5S. The number of hydrogen-bond acceptors (Lipinski definition) is 10. The first kappa shape index (κ1) is 27.6. The average molecular weight is 596 g/mol. The molecule has 2 aliphatic rings. The van der Waals surface area contributed by atoms with E-state index in [4.69, 9.17) is 32.7 Å². The van der Waals surface area contributed by atoms with Gasteiger partial charge in [-0.2, -0.15) is 0 Å². The number of thiazole rings is 1. The van der Waals surface area contributed by atoms with Gasteiger partial charge in [0.15, 0.2) is 11.0 Å². The molecule has 0 aliphatic carbocycles. The Morgan fingerprint density at radius 2 is 1.97 bits per heavy atom. The van der Waals surface area contributed by atoms with Gasteiger partial charge in [-0.25, -0.2) is 19.7 Å². The van der Waals surface area contributed by atoms with E-state index in [2.05, 4.69) is 30.2 Å². The number of nitrogens with one attached hydrogen (secondary N) is 2. The molecule has 5 rings (SSSR count). The van der Waals surface area contributed by atoms with E-state index in [-0.39, 0.29) is 45.2 Å². The van der Waals surface area contributed by atoms with Crippen LogP contribution < -0.4 is 15.1 Å². The Morgan fingerprint density at radius 3 is 2.64 bits per heavy atom. The molecule has 3 aromatic rings. The molecule has 12 nitrogen and oxygen atoms in total. The summed E-state index contributed by atoms with van der Waals surface area (Å²) in [6, 6.07) is 1.49. The molecular weight excluding hydrogens is 569 g/mol. The van der Waals surface area contributed by atoms with Gasteiger partial charge in [0.1, 0.15) is 22.1 Å². The lowest BCUT2D eigenvalue weighted by atomic mass is 10.0. The molecule has 2 atom stereocenters. The van der Waals surface area contributed by atoms with Gasteiger partial charge in [0, 0.05) is 45.2 Å². The highest BCUT2D eigenvalue weighted by Gasteiger charge is 2.34. The number of methoxy groups -OCH3 is 1. The summed E-state index contributed by atoms with van der Waals surface area (Å²) in [5.74, 6) is -0.529. The van der Waals surface area contributed by atoms with E-state index in [1.54, 1.807) is 26.3 Å². The van der Waals surface area contributed by atoms with Crippen molar-refractivity contribution < 1.29 is 24.2 Å². The quantitative estimate of drug-likeness (QED) is 0.372. The van der Waals surface area contributed by atoms with Crippen LogP contribution in [0, 0.1) is 6.92 Å². The van der Waals surface area contributed by atoms with Gasteiger partial charge in [-0.15, -0.1) is 0 Å². The number of amides is 1. The second-order valence-electron chi connectivity index (χ2n) is 9.16. The number of aromatic nitrogens is 4. The van der Waals surface area contributed by atoms with Crippen LogP contribution in [0.5, 0.6) is 0 Å². The van der Waals surface area contributed by atoms with Crippen molar-refractivity contribution in [2.75, 3.05) is 56.3 Å². The fraction of sp³-hybridized carbons (Fsp3) is 0.458. The number of rotatable bonds is 7. The van der Waals surface area contributed by atoms with Crippen LogP contribution in [0.2, 0.25) is 10.0 Å². The number of halogens is 2. The van der Waals surface area contributed by atoms with Crippen molar-refractivity contribution in [1.82, 2.24) is 25.3 Å². The lowest BCUT2D eigenvalue weighted by molar-refractivity contribution is 0.0540. The number of anilines is 2. The Labute approximate surface area is 238 Å². The number of nitrogens with zero attached hydrogens (tertiary/aromatic N) is 5. The van der Waals surface area contributed by atoms with Crippen LogP contribution in [0.4, 0.5) is 10.9 Å². The summed E-state index contributed by atoms with van der Waals surface area (Å²) < 4.78 is 11.1. The van der Waals surface area contributed by atoms with E-state index in [9.17, 15) is 14.7 Å². The minimum atomic E-state index is -1.10. The van der Waals surface area contributed by atoms with Crippen molar-refractivity contribution >= 4 is 57.4 Å². The number of carbonyl (C=O) groups excluding carboxylic acids is 1. The lowest BCUT2D eigenvalue weighted by Crippen LogP contribution is -2.55. The van der Waals surface area contributed by atoms with Crippen LogP contribution in [0.3, 0.4) is 0 Å². The summed E-state index contributed by atoms with van der Waals surface area (Å²) in [6.07, 6.45) is 1.77. The summed E-state index contributed by atoms with van der Waals surface area (Å²) in [5.41, 5.74) is 1.03. The average Bonchev–Trinajstić information content (AvgIpc) is 3.52. The van der Waals surface area contributed by atoms with Gasteiger partial charge in [0.2, 0.25) is 0 Å². The normalized spacial score (nSPS) is 19.8. The number of aryl methyl sites for hydroxylation is 1. The summed E-state index contributed by atoms with van der Waals surface area (Å²) in [7, 11) is 1.57. The summed E-state index contributed by atoms with van der Waals surface area (Å²) in [4.78, 5) is 45.6. The van der Waals surface area contributed by atoms with Gasteiger partial charge < -0.3 is 34.7 Å². The standard InChI is InChI=1S/C24H27Cl2N7O5S/c1-12-16(25)17(26)18(28-12)22(34)29-13-4-6-33(11-14(13)37-2)24-31-19(20(39-24)23(35)36)21-27-5-3-15(30-21)32-7-9-38-10-8-32/h3,5,13-14,28H,4,6-11H2,1-2H3,(H,29,34)(H,35,36)/t13-,14+/m1/s1. The number of aromatic carboxylic acids is 1. The molecule has 0 bridgehead atoms. The second kappa shape index (κ2) is 11.6. The molecule has 3 aromatic heterocycles. The van der Waals surface area contributed by atoms with E-state index >= 15 is 0 Å². The minimum absolute atomic E-state index is 0.0576. The summed E-state index contributed by atoms with van der Waals surface area (Å²) in [6.45, 7) is 5.23. The highest BCUT2D eigenvalue weighted by molar-refractivity contribution is 7.17. The molecule has 208 valence electrons. The first-order valence-corrected chi connectivity index (χ1v) is 13.9. The largest absolute Gasteiger partial charge is 0.477 e. The van der Waals surface area contributed by atoms with E-state index in [0.717, 1.165) is 11.3 Å². The van der Waals surface area contributed by atoms with Crippen LogP contribution in [-0.4, -0.2) is 95.6 Å². The maximum Gasteiger partial charge on any atom is 0.348 e. The SMILES string of the molecule is CO[C@H]1CN(c2nc(-c3nccc(N4CCOCC4)n3)c(C(=O)O)s2)CC[C@H]1NC(=O)c1[nH]c(C)c(Cl)c1Cl. The molecule has 39 heavy (non-hydrogen) atoms. The number of piperidine rings is 1. The van der Waals surface area contributed by atoms with Crippen molar-refractivity contribution in [1.29, 1.82) is 0 Å². The second-order valence-corrected chi connectivity index (χ2v) is 10.9. The van der Waals surface area contributed by atoms with Gasteiger partial charge in [-0.3, -0.25) is 4.79 Å². The fourth-order valence-corrected chi connectivity index (χ4v) is 5.99. The third-order valence-corrected chi connectivity index (χ3v) is 8.78. The third-order valence-electron chi connectivity index (χ3n) is 6.73. The van der Waals surface area contributed by atoms with Gasteiger partial charge in [-0.05, 0) is 19.4 Å². The topological polar surface area (TPSA) is 146 Å². The number of H-pyrrole nitrogens is 1. The van der Waals surface area contributed by atoms with E-state index < -0.39 is 5.97 Å². The molecule has 5 heterocycles. The fourth-order valence-electron chi connectivity index (χ4n) is 4.64. The first-order valence-electron chi connectivity index (χ1n) is 12.3. The molecule has 2 saturated heterocycles. The van der Waals surface area contributed by atoms with Gasteiger partial charge >= 0.3 is 5.97 Å². The van der Waals surface area contributed by atoms with Crippen molar-refractivity contribution in [3.05, 3.63) is 38.6 Å². The zero-order valence-corrected chi connectivity index (χ0v) is 23.6. The van der Waals surface area contributed by atoms with E-state index in [0.29, 0.717) is 67.5 Å². The molecule has 2 fully saturated rings. The van der Waals surface area contributed by atoms with Crippen molar-refractivity contribution in [3.8, 4) is 11.5 Å². The minimum Gasteiger partial charge on any atom is -0.477 e. The van der Waals surface area contributed by atoms with Crippen LogP contribution in [0.25, 0.3) is 11.5 Å². The monoisotopic (exact) mass is 595 g/mol. The molecule has 0 unspecified atom stereocenters. The van der Waals surface area contributed by atoms with Crippen molar-refractivity contribution in [3.63, 3.8) is 0 Å². The van der Waals surface area contributed by atoms with Crippen LogP contribution in [0.1, 0.15) is 32.3 Å². The molecule has 0 aromatic carbocycles. The Hall–Kier alpha value is -2.97. The van der Waals surface area contributed by atoms with Crippen molar-refractivity contribution in [2.45, 2.75) is 25.5 Å². The molecule has 1 amide bonds. The number of morpholine rings is 1. The summed E-state index contributed by atoms with van der Waals surface area (Å²) in [5, 5.41) is 13.9. The first-order chi connectivity index (χ1) is 18.8. The van der Waals surface area contributed by atoms with Gasteiger partial charge in [0.05, 0.1) is 35.4 Å². The van der Waals surface area contributed by atoms with Crippen molar-refractivity contribution in [2.24, 2.45) is 0 Å².